The molecule has 1 amide bonds. The number of carbonyl (C=O) groups is 1. The highest BCUT2D eigenvalue weighted by molar-refractivity contribution is 5.78. The molecule has 0 unspecified atom stereocenters. The molecule has 3 rings (SSSR count). The zero-order chi connectivity index (χ0) is 17.6. The predicted octanol–water partition coefficient (Wildman–Crippen LogP) is 2.69. The number of morpholine rings is 1. The third-order valence-corrected chi connectivity index (χ3v) is 4.17. The van der Waals surface area contributed by atoms with Gasteiger partial charge in [-0.3, -0.25) is 4.79 Å². The lowest BCUT2D eigenvalue weighted by molar-refractivity contribution is -0.143. The van der Waals surface area contributed by atoms with Crippen LogP contribution < -0.4 is 4.74 Å². The van der Waals surface area contributed by atoms with Gasteiger partial charge in [0.25, 0.3) is 5.91 Å². The van der Waals surface area contributed by atoms with E-state index in [1.54, 1.807) is 29.2 Å². The fraction of sp³-hybridized carbons (Fsp3) is 0.368. The summed E-state index contributed by atoms with van der Waals surface area (Å²) in [6.45, 7) is 3.25. The number of amides is 1. The number of para-hydroxylation sites is 1. The minimum absolute atomic E-state index is 0.128. The van der Waals surface area contributed by atoms with E-state index in [2.05, 4.69) is 6.07 Å². The molecule has 6 heteroatoms. The average molecular weight is 340 g/mol. The number of nitrogens with zero attached hydrogens (tertiary/aromatic N) is 2. The van der Waals surface area contributed by atoms with Crippen molar-refractivity contribution in [3.8, 4) is 11.8 Å². The molecule has 1 saturated heterocycles. The van der Waals surface area contributed by atoms with E-state index in [0.29, 0.717) is 31.1 Å². The monoisotopic (exact) mass is 340 g/mol. The highest BCUT2D eigenvalue weighted by Crippen LogP contribution is 2.26. The Balaban J connectivity index is 1.69. The minimum Gasteiger partial charge on any atom is -0.482 e. The van der Waals surface area contributed by atoms with Gasteiger partial charge in [-0.1, -0.05) is 19.1 Å². The molecule has 0 saturated carbocycles. The van der Waals surface area contributed by atoms with Crippen LogP contribution in [0.15, 0.2) is 40.8 Å². The quantitative estimate of drug-likeness (QED) is 0.836. The summed E-state index contributed by atoms with van der Waals surface area (Å²) >= 11 is 0. The van der Waals surface area contributed by atoms with Gasteiger partial charge in [0.15, 0.2) is 6.61 Å². The Morgan fingerprint density at radius 1 is 1.36 bits per heavy atom. The van der Waals surface area contributed by atoms with Crippen molar-refractivity contribution < 1.29 is 18.7 Å². The molecule has 0 radical (unpaired) electrons. The van der Waals surface area contributed by atoms with Gasteiger partial charge in [-0.25, -0.2) is 0 Å². The van der Waals surface area contributed by atoms with Crippen molar-refractivity contribution >= 4 is 5.91 Å². The Hall–Kier alpha value is -2.78. The first-order chi connectivity index (χ1) is 12.2. The summed E-state index contributed by atoms with van der Waals surface area (Å²) in [5.74, 6) is 1.86. The second-order valence-corrected chi connectivity index (χ2v) is 5.73. The van der Waals surface area contributed by atoms with Crippen molar-refractivity contribution in [3.05, 3.63) is 53.5 Å². The average Bonchev–Trinajstić information content (AvgIpc) is 3.15. The van der Waals surface area contributed by atoms with Crippen molar-refractivity contribution in [2.24, 2.45) is 0 Å². The first-order valence-electron chi connectivity index (χ1n) is 8.30. The number of hydrogen-bond donors (Lipinski definition) is 0. The van der Waals surface area contributed by atoms with Gasteiger partial charge in [0, 0.05) is 13.0 Å². The van der Waals surface area contributed by atoms with E-state index >= 15 is 0 Å². The number of hydrogen-bond acceptors (Lipinski definition) is 5. The van der Waals surface area contributed by atoms with Crippen LogP contribution in [0.5, 0.6) is 5.75 Å². The molecule has 0 N–H and O–H groups in total. The lowest BCUT2D eigenvalue weighted by Crippen LogP contribution is -2.45. The number of aryl methyl sites for hydroxylation is 1. The molecule has 1 fully saturated rings. The van der Waals surface area contributed by atoms with E-state index in [4.69, 9.17) is 19.2 Å². The van der Waals surface area contributed by atoms with E-state index in [9.17, 15) is 4.79 Å². The van der Waals surface area contributed by atoms with Crippen LogP contribution in [-0.4, -0.2) is 37.2 Å². The number of ether oxygens (including phenoxy) is 2. The van der Waals surface area contributed by atoms with Gasteiger partial charge >= 0.3 is 0 Å². The van der Waals surface area contributed by atoms with Crippen molar-refractivity contribution in [1.29, 1.82) is 5.26 Å². The second-order valence-electron chi connectivity index (χ2n) is 5.73. The van der Waals surface area contributed by atoms with E-state index in [1.807, 2.05) is 19.1 Å². The first kappa shape index (κ1) is 17.1. The van der Waals surface area contributed by atoms with Crippen molar-refractivity contribution in [1.82, 2.24) is 4.90 Å². The van der Waals surface area contributed by atoms with Crippen LogP contribution in [-0.2, 0) is 16.0 Å². The maximum Gasteiger partial charge on any atom is 0.261 e. The molecule has 0 spiro atoms. The van der Waals surface area contributed by atoms with E-state index in [1.165, 1.54) is 0 Å². The van der Waals surface area contributed by atoms with Crippen LogP contribution in [0, 0.1) is 11.3 Å². The van der Waals surface area contributed by atoms with Crippen LogP contribution in [0.2, 0.25) is 0 Å². The van der Waals surface area contributed by atoms with Crippen molar-refractivity contribution in [3.63, 3.8) is 0 Å². The summed E-state index contributed by atoms with van der Waals surface area (Å²) in [6.07, 6.45) is 0.801. The van der Waals surface area contributed by atoms with Gasteiger partial charge in [-0.05, 0) is 24.3 Å². The van der Waals surface area contributed by atoms with Crippen molar-refractivity contribution in [2.75, 3.05) is 26.4 Å². The lowest BCUT2D eigenvalue weighted by atomic mass is 10.1. The summed E-state index contributed by atoms with van der Waals surface area (Å²) in [4.78, 5) is 14.4. The number of furan rings is 1. The van der Waals surface area contributed by atoms with Gasteiger partial charge in [-0.2, -0.15) is 5.26 Å². The number of carbonyl (C=O) groups excluding carboxylic acids is 1. The van der Waals surface area contributed by atoms with E-state index < -0.39 is 0 Å². The van der Waals surface area contributed by atoms with Gasteiger partial charge in [0.05, 0.1) is 18.8 Å². The molecule has 0 aliphatic carbocycles. The fourth-order valence-electron chi connectivity index (χ4n) is 2.81. The highest BCUT2D eigenvalue weighted by Gasteiger charge is 2.31. The Morgan fingerprint density at radius 2 is 2.20 bits per heavy atom. The summed E-state index contributed by atoms with van der Waals surface area (Å²) in [5, 5.41) is 9.09. The summed E-state index contributed by atoms with van der Waals surface area (Å²) in [5.41, 5.74) is 0.410. The number of nitriles is 1. The first-order valence-corrected chi connectivity index (χ1v) is 8.30. The molecule has 0 bridgehead atoms. The number of benzene rings is 1. The van der Waals surface area contributed by atoms with Crippen LogP contribution in [0.3, 0.4) is 0 Å². The second kappa shape index (κ2) is 7.86. The maximum atomic E-state index is 12.7. The SMILES string of the molecule is CCc1ccc([C@@H]2COCCN2C(=O)COc2ccccc2C#N)o1. The molecule has 25 heavy (non-hydrogen) atoms. The summed E-state index contributed by atoms with van der Waals surface area (Å²) < 4.78 is 16.9. The van der Waals surface area contributed by atoms with Gasteiger partial charge < -0.3 is 18.8 Å². The Kier molecular flexibility index (Phi) is 5.36. The third-order valence-electron chi connectivity index (χ3n) is 4.17. The Morgan fingerprint density at radius 3 is 2.96 bits per heavy atom. The third kappa shape index (κ3) is 3.83. The van der Waals surface area contributed by atoms with Crippen LogP contribution in [0.1, 0.15) is 30.0 Å². The fourth-order valence-corrected chi connectivity index (χ4v) is 2.81. The van der Waals surface area contributed by atoms with Crippen molar-refractivity contribution in [2.45, 2.75) is 19.4 Å². The van der Waals surface area contributed by atoms with Gasteiger partial charge in [0.1, 0.15) is 29.4 Å². The molecule has 6 nitrogen and oxygen atoms in total. The molecule has 1 aliphatic rings. The standard InChI is InChI=1S/C19H20N2O4/c1-2-15-7-8-18(25-15)16-12-23-10-9-21(16)19(22)13-24-17-6-4-3-5-14(17)11-20/h3-8,16H,2,9-10,12-13H2,1H3/t16-/m0/s1. The van der Waals surface area contributed by atoms with E-state index in [0.717, 1.165) is 17.9 Å². The Labute approximate surface area is 146 Å². The normalized spacial score (nSPS) is 17.1. The highest BCUT2D eigenvalue weighted by atomic mass is 16.5. The molecule has 1 aromatic carbocycles. The van der Waals surface area contributed by atoms with Gasteiger partial charge in [0.2, 0.25) is 0 Å². The molecule has 1 atom stereocenters. The van der Waals surface area contributed by atoms with Crippen LogP contribution in [0.4, 0.5) is 0 Å². The molecule has 130 valence electrons. The maximum absolute atomic E-state index is 12.7. The van der Waals surface area contributed by atoms with Gasteiger partial charge in [-0.15, -0.1) is 0 Å². The zero-order valence-electron chi connectivity index (χ0n) is 14.1. The molecule has 2 heterocycles. The number of rotatable bonds is 5. The lowest BCUT2D eigenvalue weighted by Gasteiger charge is -2.34. The molecule has 1 aliphatic heterocycles. The van der Waals surface area contributed by atoms with Crippen LogP contribution >= 0.6 is 0 Å². The molecular weight excluding hydrogens is 320 g/mol. The topological polar surface area (TPSA) is 75.7 Å². The van der Waals surface area contributed by atoms with Crippen LogP contribution in [0.25, 0.3) is 0 Å². The Bertz CT molecular complexity index is 778. The minimum atomic E-state index is -0.253. The summed E-state index contributed by atoms with van der Waals surface area (Å²) in [7, 11) is 0. The largest absolute Gasteiger partial charge is 0.482 e. The molecule has 2 aromatic rings. The predicted molar refractivity (Wildman–Crippen MR) is 90.0 cm³/mol. The summed E-state index contributed by atoms with van der Waals surface area (Å²) in [6, 6.07) is 12.5. The molecule has 1 aromatic heterocycles. The zero-order valence-corrected chi connectivity index (χ0v) is 14.1. The smallest absolute Gasteiger partial charge is 0.261 e. The van der Waals surface area contributed by atoms with E-state index in [-0.39, 0.29) is 18.6 Å². The molecular formula is C19H20N2O4.